The Labute approximate surface area is 201 Å². The lowest BCUT2D eigenvalue weighted by atomic mass is 10.2. The summed E-state index contributed by atoms with van der Waals surface area (Å²) in [6.45, 7) is 3.53. The third-order valence-corrected chi connectivity index (χ3v) is 8.14. The Hall–Kier alpha value is -3.29. The summed E-state index contributed by atoms with van der Waals surface area (Å²) >= 11 is 2.72. The number of nitrogens with zero attached hydrogens (tertiary/aromatic N) is 3. The molecule has 0 bridgehead atoms. The second-order valence-electron chi connectivity index (χ2n) is 7.76. The van der Waals surface area contributed by atoms with E-state index in [1.807, 2.05) is 97.9 Å². The van der Waals surface area contributed by atoms with Crippen molar-refractivity contribution in [3.63, 3.8) is 0 Å². The largest absolute Gasteiger partial charge is 0.292 e. The van der Waals surface area contributed by atoms with E-state index in [4.69, 9.17) is 5.10 Å². The maximum Gasteiger partial charge on any atom is 0.268 e. The summed E-state index contributed by atoms with van der Waals surface area (Å²) in [6, 6.07) is 27.3. The zero-order valence-corrected chi connectivity index (χ0v) is 19.8. The van der Waals surface area contributed by atoms with Gasteiger partial charge >= 0.3 is 0 Å². The molecule has 7 heteroatoms. The minimum Gasteiger partial charge on any atom is -0.292 e. The van der Waals surface area contributed by atoms with Gasteiger partial charge in [-0.2, -0.15) is 5.10 Å². The Balaban J connectivity index is 1.69. The molecule has 2 heterocycles. The molecule has 0 radical (unpaired) electrons. The molecular weight excluding hydrogens is 450 g/mol. The zero-order chi connectivity index (χ0) is 23.0. The van der Waals surface area contributed by atoms with Crippen molar-refractivity contribution in [2.75, 3.05) is 9.91 Å². The number of hydrazone groups is 1. The minimum atomic E-state index is -0.991. The van der Waals surface area contributed by atoms with E-state index in [9.17, 15) is 9.59 Å². The van der Waals surface area contributed by atoms with Crippen molar-refractivity contribution in [1.29, 1.82) is 0 Å². The molecule has 0 aromatic heterocycles. The fraction of sp³-hybridized carbons (Fsp3) is 0.115. The van der Waals surface area contributed by atoms with Gasteiger partial charge in [-0.05, 0) is 54.6 Å². The van der Waals surface area contributed by atoms with Crippen LogP contribution >= 0.6 is 23.5 Å². The normalized spacial score (nSPS) is 21.2. The van der Waals surface area contributed by atoms with Gasteiger partial charge in [0.15, 0.2) is 10.8 Å². The quantitative estimate of drug-likeness (QED) is 0.445. The van der Waals surface area contributed by atoms with Crippen LogP contribution in [0.25, 0.3) is 6.08 Å². The third kappa shape index (κ3) is 3.87. The van der Waals surface area contributed by atoms with Gasteiger partial charge in [0.1, 0.15) is 0 Å². The lowest BCUT2D eigenvalue weighted by Crippen LogP contribution is -2.51. The molecule has 0 aliphatic carbocycles. The SMILES string of the molecule is CC(=O)C1=NN(c2ccc(C)cc2)[C@@]2(S1)S/C(=C/c1ccccc1)C(=O)N2c1ccccc1. The molecule has 5 nitrogen and oxygen atoms in total. The molecule has 1 spiro atoms. The number of carbonyl (C=O) groups is 2. The lowest BCUT2D eigenvalue weighted by molar-refractivity contribution is -0.114. The predicted octanol–water partition coefficient (Wildman–Crippen LogP) is 5.88. The summed E-state index contributed by atoms with van der Waals surface area (Å²) in [5.41, 5.74) is 3.62. The first-order valence-corrected chi connectivity index (χ1v) is 12.1. The van der Waals surface area contributed by atoms with Crippen LogP contribution in [-0.4, -0.2) is 21.1 Å². The summed E-state index contributed by atoms with van der Waals surface area (Å²) in [6.07, 6.45) is 1.90. The molecule has 2 aliphatic heterocycles. The number of ketones is 1. The van der Waals surface area contributed by atoms with Crippen LogP contribution < -0.4 is 9.91 Å². The lowest BCUT2D eigenvalue weighted by Gasteiger charge is -2.38. The molecule has 3 aromatic rings. The Bertz CT molecular complexity index is 1270. The van der Waals surface area contributed by atoms with Crippen LogP contribution in [0, 0.1) is 6.92 Å². The Morgan fingerprint density at radius 1 is 0.879 bits per heavy atom. The first kappa shape index (κ1) is 21.6. The first-order valence-electron chi connectivity index (χ1n) is 10.5. The van der Waals surface area contributed by atoms with Crippen LogP contribution in [-0.2, 0) is 9.59 Å². The molecule has 33 heavy (non-hydrogen) atoms. The number of carbonyl (C=O) groups excluding carboxylic acids is 2. The maximum atomic E-state index is 13.8. The summed E-state index contributed by atoms with van der Waals surface area (Å²) < 4.78 is -0.991. The summed E-state index contributed by atoms with van der Waals surface area (Å²) in [4.78, 5) is 28.6. The summed E-state index contributed by atoms with van der Waals surface area (Å²) in [5, 5.41) is 6.87. The van der Waals surface area contributed by atoms with Gasteiger partial charge in [-0.15, -0.1) is 0 Å². The van der Waals surface area contributed by atoms with Crippen molar-refractivity contribution in [3.05, 3.63) is 101 Å². The molecule has 1 amide bonds. The monoisotopic (exact) mass is 471 g/mol. The Kier molecular flexibility index (Phi) is 5.60. The highest BCUT2D eigenvalue weighted by Crippen LogP contribution is 2.59. The molecule has 0 saturated carbocycles. The Morgan fingerprint density at radius 3 is 2.15 bits per heavy atom. The number of hydrogen-bond acceptors (Lipinski definition) is 6. The molecule has 1 fully saturated rings. The molecule has 3 aromatic carbocycles. The van der Waals surface area contributed by atoms with Crippen LogP contribution in [0.1, 0.15) is 18.1 Å². The first-order chi connectivity index (χ1) is 16.0. The van der Waals surface area contributed by atoms with Gasteiger partial charge in [-0.1, -0.05) is 78.0 Å². The number of thioether (sulfide) groups is 2. The molecule has 5 rings (SSSR count). The minimum absolute atomic E-state index is 0.125. The van der Waals surface area contributed by atoms with Gasteiger partial charge in [0.25, 0.3) is 5.91 Å². The summed E-state index contributed by atoms with van der Waals surface area (Å²) in [5.74, 6) is -0.254. The van der Waals surface area contributed by atoms with Crippen LogP contribution in [0.4, 0.5) is 11.4 Å². The molecular formula is C26H21N3O2S2. The van der Waals surface area contributed by atoms with Crippen molar-refractivity contribution in [2.24, 2.45) is 5.10 Å². The van der Waals surface area contributed by atoms with Gasteiger partial charge < -0.3 is 0 Å². The molecule has 2 aliphatic rings. The average Bonchev–Trinajstić information content (AvgIpc) is 3.33. The number of benzene rings is 3. The van der Waals surface area contributed by atoms with Crippen LogP contribution in [0.15, 0.2) is 94.9 Å². The number of anilines is 2. The molecule has 0 unspecified atom stereocenters. The van der Waals surface area contributed by atoms with Gasteiger partial charge in [0.05, 0.1) is 10.6 Å². The van der Waals surface area contributed by atoms with E-state index < -0.39 is 4.33 Å². The molecule has 1 atom stereocenters. The molecule has 0 N–H and O–H groups in total. The van der Waals surface area contributed by atoms with E-state index in [2.05, 4.69) is 0 Å². The van der Waals surface area contributed by atoms with Gasteiger partial charge in [-0.25, -0.2) is 5.01 Å². The number of para-hydroxylation sites is 1. The summed E-state index contributed by atoms with van der Waals surface area (Å²) in [7, 11) is 0. The van der Waals surface area contributed by atoms with Gasteiger partial charge in [0, 0.05) is 12.6 Å². The van der Waals surface area contributed by atoms with Gasteiger partial charge in [-0.3, -0.25) is 14.5 Å². The van der Waals surface area contributed by atoms with E-state index in [-0.39, 0.29) is 11.7 Å². The molecule has 1 saturated heterocycles. The highest BCUT2D eigenvalue weighted by atomic mass is 32.2. The second-order valence-corrected chi connectivity index (χ2v) is 10.4. The van der Waals surface area contributed by atoms with E-state index in [0.29, 0.717) is 9.95 Å². The smallest absolute Gasteiger partial charge is 0.268 e. The second kappa shape index (κ2) is 8.57. The van der Waals surface area contributed by atoms with Crippen molar-refractivity contribution in [2.45, 2.75) is 18.2 Å². The topological polar surface area (TPSA) is 53.0 Å². The van der Waals surface area contributed by atoms with Crippen LogP contribution in [0.5, 0.6) is 0 Å². The number of rotatable bonds is 4. The average molecular weight is 472 g/mol. The number of amides is 1. The van der Waals surface area contributed by atoms with E-state index in [0.717, 1.165) is 22.5 Å². The van der Waals surface area contributed by atoms with E-state index in [1.165, 1.54) is 30.4 Å². The fourth-order valence-corrected chi connectivity index (χ4v) is 6.59. The number of hydrogen-bond donors (Lipinski definition) is 0. The van der Waals surface area contributed by atoms with Crippen LogP contribution in [0.3, 0.4) is 0 Å². The van der Waals surface area contributed by atoms with Crippen molar-refractivity contribution < 1.29 is 9.59 Å². The molecule has 164 valence electrons. The number of Topliss-reactive ketones (excluding diaryl/α,β-unsaturated/α-hetero) is 1. The fourth-order valence-electron chi connectivity index (χ4n) is 3.72. The van der Waals surface area contributed by atoms with E-state index in [1.54, 1.807) is 9.91 Å². The highest BCUT2D eigenvalue weighted by molar-refractivity contribution is 8.29. The van der Waals surface area contributed by atoms with Crippen LogP contribution in [0.2, 0.25) is 0 Å². The van der Waals surface area contributed by atoms with E-state index >= 15 is 0 Å². The standard InChI is InChI=1S/C26H21N3O2S2/c1-18-13-15-22(16-14-18)29-26(33-24(27-29)19(2)30)28(21-11-7-4-8-12-21)25(31)23(32-26)17-20-9-5-3-6-10-20/h3-17H,1-2H3/b23-17+/t26-/m1/s1. The Morgan fingerprint density at radius 2 is 1.52 bits per heavy atom. The van der Waals surface area contributed by atoms with Gasteiger partial charge in [0.2, 0.25) is 4.33 Å². The maximum absolute atomic E-state index is 13.8. The zero-order valence-electron chi connectivity index (χ0n) is 18.1. The third-order valence-electron chi connectivity index (χ3n) is 5.32. The highest BCUT2D eigenvalue weighted by Gasteiger charge is 2.59. The van der Waals surface area contributed by atoms with Crippen molar-refractivity contribution in [1.82, 2.24) is 0 Å². The number of aryl methyl sites for hydroxylation is 1. The van der Waals surface area contributed by atoms with Crippen molar-refractivity contribution >= 4 is 57.7 Å². The predicted molar refractivity (Wildman–Crippen MR) is 138 cm³/mol. The van der Waals surface area contributed by atoms with Crippen molar-refractivity contribution in [3.8, 4) is 0 Å².